The van der Waals surface area contributed by atoms with Crippen LogP contribution in [0.4, 0.5) is 0 Å². The second-order valence-electron chi connectivity index (χ2n) is 5.58. The topological polar surface area (TPSA) is 74.8 Å². The molecule has 0 bridgehead atoms. The van der Waals surface area contributed by atoms with E-state index in [1.807, 2.05) is 6.07 Å². The highest BCUT2D eigenvalue weighted by molar-refractivity contribution is 6.35. The van der Waals surface area contributed by atoms with Gasteiger partial charge in [0, 0.05) is 42.3 Å². The van der Waals surface area contributed by atoms with Crippen LogP contribution in [0, 0.1) is 0 Å². The Morgan fingerprint density at radius 2 is 1.85 bits per heavy atom. The Kier molecular flexibility index (Phi) is 8.23. The molecule has 0 unspecified atom stereocenters. The number of carbonyl (C=O) groups excluding carboxylic acids is 1. The first-order chi connectivity index (χ1) is 13.0. The number of methoxy groups -OCH3 is 1. The number of amides is 1. The molecule has 0 atom stereocenters. The number of nitrogens with zero attached hydrogens (tertiary/aromatic N) is 1. The fourth-order valence-corrected chi connectivity index (χ4v) is 2.76. The van der Waals surface area contributed by atoms with E-state index in [-0.39, 0.29) is 5.91 Å². The minimum absolute atomic E-state index is 0.161. The first kappa shape index (κ1) is 20.9. The van der Waals surface area contributed by atoms with Crippen molar-refractivity contribution in [3.8, 4) is 5.75 Å². The van der Waals surface area contributed by atoms with Crippen molar-refractivity contribution < 1.29 is 9.53 Å². The average Bonchev–Trinajstić information content (AvgIpc) is 2.68. The highest BCUT2D eigenvalue weighted by Crippen LogP contribution is 2.20. The fraction of sp³-hybridized carbons (Fsp3) is 0.263. The molecule has 27 heavy (non-hydrogen) atoms. The minimum atomic E-state index is -0.161. The van der Waals surface area contributed by atoms with Crippen LogP contribution in [0.25, 0.3) is 0 Å². The molecule has 0 fully saturated rings. The van der Waals surface area contributed by atoms with Gasteiger partial charge in [-0.15, -0.1) is 0 Å². The van der Waals surface area contributed by atoms with Crippen molar-refractivity contribution in [2.24, 2.45) is 4.99 Å². The molecule has 0 saturated heterocycles. The zero-order chi connectivity index (χ0) is 19.6. The van der Waals surface area contributed by atoms with Gasteiger partial charge in [-0.3, -0.25) is 9.79 Å². The molecule has 0 aromatic heterocycles. The lowest BCUT2D eigenvalue weighted by atomic mass is 10.2. The van der Waals surface area contributed by atoms with Crippen LogP contribution < -0.4 is 20.7 Å². The lowest BCUT2D eigenvalue weighted by molar-refractivity contribution is 0.0954. The van der Waals surface area contributed by atoms with Gasteiger partial charge in [0.05, 0.1) is 7.11 Å². The number of hydrogen-bond acceptors (Lipinski definition) is 3. The molecule has 0 heterocycles. The minimum Gasteiger partial charge on any atom is -0.497 e. The van der Waals surface area contributed by atoms with Gasteiger partial charge in [-0.25, -0.2) is 0 Å². The predicted octanol–water partition coefficient (Wildman–Crippen LogP) is 3.10. The Balaban J connectivity index is 1.75. The van der Waals surface area contributed by atoms with Crippen LogP contribution in [-0.2, 0) is 6.54 Å². The van der Waals surface area contributed by atoms with Gasteiger partial charge in [-0.2, -0.15) is 0 Å². The molecule has 2 aromatic carbocycles. The Morgan fingerprint density at radius 3 is 2.56 bits per heavy atom. The summed E-state index contributed by atoms with van der Waals surface area (Å²) in [6.45, 7) is 1.47. The second-order valence-corrected chi connectivity index (χ2v) is 6.42. The Labute approximate surface area is 168 Å². The van der Waals surface area contributed by atoms with Crippen LogP contribution in [0.1, 0.15) is 15.9 Å². The predicted molar refractivity (Wildman–Crippen MR) is 110 cm³/mol. The summed E-state index contributed by atoms with van der Waals surface area (Å²) in [6, 6.07) is 12.3. The van der Waals surface area contributed by atoms with Crippen molar-refractivity contribution in [2.75, 3.05) is 27.2 Å². The van der Waals surface area contributed by atoms with Crippen LogP contribution in [-0.4, -0.2) is 39.1 Å². The third kappa shape index (κ3) is 6.66. The summed E-state index contributed by atoms with van der Waals surface area (Å²) in [6.07, 6.45) is 0. The number of hydrogen-bond donors (Lipinski definition) is 3. The number of benzene rings is 2. The van der Waals surface area contributed by atoms with E-state index in [1.165, 1.54) is 0 Å². The molecule has 2 rings (SSSR count). The molecule has 0 radical (unpaired) electrons. The molecular weight excluding hydrogens is 387 g/mol. The fourth-order valence-electron chi connectivity index (χ4n) is 2.29. The first-order valence-corrected chi connectivity index (χ1v) is 9.09. The molecule has 144 valence electrons. The lowest BCUT2D eigenvalue weighted by Crippen LogP contribution is -2.41. The summed E-state index contributed by atoms with van der Waals surface area (Å²) in [7, 11) is 3.24. The first-order valence-electron chi connectivity index (χ1n) is 8.34. The second kappa shape index (κ2) is 10.6. The van der Waals surface area contributed by atoms with Crippen molar-refractivity contribution >= 4 is 35.1 Å². The molecule has 3 N–H and O–H groups in total. The standard InChI is InChI=1S/C19H22Cl2N4O2/c1-22-19(25-12-14-6-7-15(20)11-17(14)21)24-9-8-23-18(26)13-4-3-5-16(10-13)27-2/h3-7,10-11H,8-9,12H2,1-2H3,(H,23,26)(H2,22,24,25). The largest absolute Gasteiger partial charge is 0.497 e. The van der Waals surface area contributed by atoms with Gasteiger partial charge in [0.25, 0.3) is 5.91 Å². The summed E-state index contributed by atoms with van der Waals surface area (Å²) < 4.78 is 5.12. The molecule has 0 spiro atoms. The van der Waals surface area contributed by atoms with E-state index in [9.17, 15) is 4.79 Å². The van der Waals surface area contributed by atoms with Gasteiger partial charge in [-0.1, -0.05) is 35.3 Å². The van der Waals surface area contributed by atoms with E-state index in [4.69, 9.17) is 27.9 Å². The Bertz CT molecular complexity index is 812. The van der Waals surface area contributed by atoms with E-state index in [0.717, 1.165) is 5.56 Å². The number of halogens is 2. The van der Waals surface area contributed by atoms with Crippen molar-refractivity contribution in [3.63, 3.8) is 0 Å². The highest BCUT2D eigenvalue weighted by atomic mass is 35.5. The van der Waals surface area contributed by atoms with Gasteiger partial charge in [0.2, 0.25) is 0 Å². The van der Waals surface area contributed by atoms with Crippen molar-refractivity contribution in [1.29, 1.82) is 0 Å². The molecule has 1 amide bonds. The third-order valence-corrected chi connectivity index (χ3v) is 4.31. The molecule has 0 saturated carbocycles. The number of nitrogens with one attached hydrogen (secondary N) is 3. The SMILES string of the molecule is CN=C(NCCNC(=O)c1cccc(OC)c1)NCc1ccc(Cl)cc1Cl. The molecule has 8 heteroatoms. The van der Waals surface area contributed by atoms with E-state index >= 15 is 0 Å². The summed E-state index contributed by atoms with van der Waals surface area (Å²) in [4.78, 5) is 16.3. The van der Waals surface area contributed by atoms with Crippen molar-refractivity contribution in [1.82, 2.24) is 16.0 Å². The van der Waals surface area contributed by atoms with Gasteiger partial charge in [0.15, 0.2) is 5.96 Å². The zero-order valence-corrected chi connectivity index (χ0v) is 16.7. The summed E-state index contributed by atoms with van der Waals surface area (Å²) in [5.41, 5.74) is 1.46. The number of ether oxygens (including phenoxy) is 1. The van der Waals surface area contributed by atoms with Crippen molar-refractivity contribution in [2.45, 2.75) is 6.54 Å². The lowest BCUT2D eigenvalue weighted by Gasteiger charge is -2.13. The summed E-state index contributed by atoms with van der Waals surface area (Å²) >= 11 is 12.1. The molecule has 2 aromatic rings. The Morgan fingerprint density at radius 1 is 1.07 bits per heavy atom. The smallest absolute Gasteiger partial charge is 0.251 e. The van der Waals surface area contributed by atoms with Gasteiger partial charge >= 0.3 is 0 Å². The van der Waals surface area contributed by atoms with Crippen LogP contribution in [0.15, 0.2) is 47.5 Å². The molecule has 0 aliphatic carbocycles. The molecule has 0 aliphatic rings. The maximum Gasteiger partial charge on any atom is 0.251 e. The van der Waals surface area contributed by atoms with Crippen LogP contribution in [0.5, 0.6) is 5.75 Å². The van der Waals surface area contributed by atoms with E-state index < -0.39 is 0 Å². The number of guanidine groups is 1. The van der Waals surface area contributed by atoms with Crippen molar-refractivity contribution in [3.05, 3.63) is 63.6 Å². The van der Waals surface area contributed by atoms with E-state index in [0.29, 0.717) is 47.0 Å². The van der Waals surface area contributed by atoms with E-state index in [2.05, 4.69) is 20.9 Å². The van der Waals surface area contributed by atoms with Crippen LogP contribution in [0.3, 0.4) is 0 Å². The molecular formula is C19H22Cl2N4O2. The zero-order valence-electron chi connectivity index (χ0n) is 15.2. The number of aliphatic imine (C=N–C) groups is 1. The quantitative estimate of drug-likeness (QED) is 0.373. The van der Waals surface area contributed by atoms with Crippen LogP contribution >= 0.6 is 23.2 Å². The summed E-state index contributed by atoms with van der Waals surface area (Å²) in [5.74, 6) is 1.09. The van der Waals surface area contributed by atoms with Gasteiger partial charge in [-0.05, 0) is 35.9 Å². The van der Waals surface area contributed by atoms with E-state index in [1.54, 1.807) is 50.6 Å². The third-order valence-electron chi connectivity index (χ3n) is 3.72. The monoisotopic (exact) mass is 408 g/mol. The Hall–Kier alpha value is -2.44. The van der Waals surface area contributed by atoms with Gasteiger partial charge < -0.3 is 20.7 Å². The average molecular weight is 409 g/mol. The highest BCUT2D eigenvalue weighted by Gasteiger charge is 2.06. The maximum atomic E-state index is 12.1. The van der Waals surface area contributed by atoms with Crippen LogP contribution in [0.2, 0.25) is 10.0 Å². The number of rotatable bonds is 7. The summed E-state index contributed by atoms with van der Waals surface area (Å²) in [5, 5.41) is 10.3. The molecule has 6 nitrogen and oxygen atoms in total. The normalized spacial score (nSPS) is 11.0. The number of carbonyl (C=O) groups is 1. The maximum absolute atomic E-state index is 12.1. The molecule has 0 aliphatic heterocycles. The van der Waals surface area contributed by atoms with Gasteiger partial charge in [0.1, 0.15) is 5.75 Å².